The molecule has 1 fully saturated rings. The van der Waals surface area contributed by atoms with Crippen LogP contribution in [0.2, 0.25) is 0 Å². The van der Waals surface area contributed by atoms with Crippen LogP contribution in [0.3, 0.4) is 0 Å². The highest BCUT2D eigenvalue weighted by Crippen LogP contribution is 2.35. The molecule has 0 amide bonds. The largest absolute Gasteiger partial charge is 0.305 e. The van der Waals surface area contributed by atoms with Crippen LogP contribution >= 0.6 is 15.9 Å². The van der Waals surface area contributed by atoms with Crippen molar-refractivity contribution in [3.05, 3.63) is 32.9 Å². The molecule has 6 heteroatoms. The van der Waals surface area contributed by atoms with Crippen molar-refractivity contribution < 1.29 is 0 Å². The van der Waals surface area contributed by atoms with Gasteiger partial charge in [0.05, 0.1) is 17.5 Å². The summed E-state index contributed by atoms with van der Waals surface area (Å²) >= 11 is 3.40. The van der Waals surface area contributed by atoms with Gasteiger partial charge in [0.15, 0.2) is 0 Å². The molecule has 1 saturated carbocycles. The zero-order valence-electron chi connectivity index (χ0n) is 12.3. The standard InChI is InChI=1S/C15H19BrN4O/c1-9(2)20-8-11(7-17-20)14-18-13(10-5-3-4-6-10)12(16)15(21)19-14/h7-10H,3-6H2,1-2H3,(H,18,19,21). The fourth-order valence-corrected chi connectivity index (χ4v) is 3.34. The lowest BCUT2D eigenvalue weighted by atomic mass is 10.0. The maximum atomic E-state index is 12.2. The van der Waals surface area contributed by atoms with Crippen molar-refractivity contribution in [1.29, 1.82) is 0 Å². The molecule has 2 heterocycles. The number of hydrogen-bond acceptors (Lipinski definition) is 3. The van der Waals surface area contributed by atoms with Crippen LogP contribution in [0.1, 0.15) is 57.2 Å². The van der Waals surface area contributed by atoms with Crippen molar-refractivity contribution in [2.75, 3.05) is 0 Å². The maximum absolute atomic E-state index is 12.2. The Hall–Kier alpha value is -1.43. The van der Waals surface area contributed by atoms with E-state index in [9.17, 15) is 4.79 Å². The number of aromatic amines is 1. The number of halogens is 1. The zero-order valence-corrected chi connectivity index (χ0v) is 13.9. The molecule has 2 aromatic rings. The maximum Gasteiger partial charge on any atom is 0.265 e. The third-order valence-corrected chi connectivity index (χ3v) is 4.80. The summed E-state index contributed by atoms with van der Waals surface area (Å²) in [7, 11) is 0. The van der Waals surface area contributed by atoms with E-state index >= 15 is 0 Å². The lowest BCUT2D eigenvalue weighted by Gasteiger charge is -2.11. The Morgan fingerprint density at radius 2 is 2.10 bits per heavy atom. The van der Waals surface area contributed by atoms with E-state index in [2.05, 4.69) is 39.9 Å². The van der Waals surface area contributed by atoms with Crippen molar-refractivity contribution >= 4 is 15.9 Å². The second-order valence-electron chi connectivity index (χ2n) is 5.90. The van der Waals surface area contributed by atoms with Gasteiger partial charge in [-0.2, -0.15) is 5.10 Å². The Kier molecular flexibility index (Phi) is 3.97. The number of H-pyrrole nitrogens is 1. The summed E-state index contributed by atoms with van der Waals surface area (Å²) in [6.45, 7) is 4.14. The highest BCUT2D eigenvalue weighted by atomic mass is 79.9. The first-order valence-corrected chi connectivity index (χ1v) is 8.20. The molecule has 1 aliphatic carbocycles. The molecule has 0 aromatic carbocycles. The molecule has 5 nitrogen and oxygen atoms in total. The summed E-state index contributed by atoms with van der Waals surface area (Å²) in [6.07, 6.45) is 8.33. The average Bonchev–Trinajstić information content (AvgIpc) is 3.11. The third-order valence-electron chi connectivity index (χ3n) is 4.03. The Labute approximate surface area is 131 Å². The summed E-state index contributed by atoms with van der Waals surface area (Å²) < 4.78 is 2.45. The Bertz CT molecular complexity index is 698. The molecule has 3 rings (SSSR count). The summed E-state index contributed by atoms with van der Waals surface area (Å²) in [6, 6.07) is 0.287. The number of aromatic nitrogens is 4. The monoisotopic (exact) mass is 350 g/mol. The first kappa shape index (κ1) is 14.5. The van der Waals surface area contributed by atoms with Crippen molar-refractivity contribution in [3.63, 3.8) is 0 Å². The molecular formula is C15H19BrN4O. The topological polar surface area (TPSA) is 63.6 Å². The molecule has 1 aliphatic rings. The summed E-state index contributed by atoms with van der Waals surface area (Å²) in [5.41, 5.74) is 1.63. The van der Waals surface area contributed by atoms with Crippen molar-refractivity contribution in [2.24, 2.45) is 0 Å². The highest BCUT2D eigenvalue weighted by Gasteiger charge is 2.23. The van der Waals surface area contributed by atoms with Gasteiger partial charge >= 0.3 is 0 Å². The van der Waals surface area contributed by atoms with Crippen LogP contribution in [0.25, 0.3) is 11.4 Å². The second kappa shape index (κ2) is 5.75. The fourth-order valence-electron chi connectivity index (χ4n) is 2.83. The minimum absolute atomic E-state index is 0.112. The quantitative estimate of drug-likeness (QED) is 0.918. The lowest BCUT2D eigenvalue weighted by molar-refractivity contribution is 0.532. The Morgan fingerprint density at radius 3 is 2.71 bits per heavy atom. The number of rotatable bonds is 3. The summed E-state index contributed by atoms with van der Waals surface area (Å²) in [4.78, 5) is 19.7. The van der Waals surface area contributed by atoms with E-state index in [0.29, 0.717) is 16.2 Å². The average molecular weight is 351 g/mol. The highest BCUT2D eigenvalue weighted by molar-refractivity contribution is 9.10. The van der Waals surface area contributed by atoms with Gasteiger partial charge in [0.25, 0.3) is 5.56 Å². The van der Waals surface area contributed by atoms with Gasteiger partial charge in [0, 0.05) is 18.2 Å². The molecular weight excluding hydrogens is 332 g/mol. The molecule has 0 saturated heterocycles. The van der Waals surface area contributed by atoms with Gasteiger partial charge in [0.1, 0.15) is 10.3 Å². The molecule has 0 radical (unpaired) electrons. The van der Waals surface area contributed by atoms with E-state index in [1.807, 2.05) is 10.9 Å². The SMILES string of the molecule is CC(C)n1cc(-c2nc(C3CCCC3)c(Br)c(=O)[nH]2)cn1. The predicted molar refractivity (Wildman–Crippen MR) is 85.4 cm³/mol. The van der Waals surface area contributed by atoms with Crippen LogP contribution in [0, 0.1) is 0 Å². The minimum Gasteiger partial charge on any atom is -0.305 e. The van der Waals surface area contributed by atoms with Gasteiger partial charge in [-0.25, -0.2) is 4.98 Å². The van der Waals surface area contributed by atoms with E-state index in [4.69, 9.17) is 4.98 Å². The van der Waals surface area contributed by atoms with Crippen LogP contribution in [-0.4, -0.2) is 19.7 Å². The van der Waals surface area contributed by atoms with Crippen LogP contribution in [0.4, 0.5) is 0 Å². The van der Waals surface area contributed by atoms with E-state index in [1.54, 1.807) is 6.20 Å². The predicted octanol–water partition coefficient (Wildman–Crippen LogP) is 3.63. The summed E-state index contributed by atoms with van der Waals surface area (Å²) in [5, 5.41) is 4.31. The lowest BCUT2D eigenvalue weighted by Crippen LogP contribution is -2.15. The van der Waals surface area contributed by atoms with Crippen molar-refractivity contribution in [2.45, 2.75) is 51.5 Å². The fraction of sp³-hybridized carbons (Fsp3) is 0.533. The Balaban J connectivity index is 2.04. The third kappa shape index (κ3) is 2.81. The van der Waals surface area contributed by atoms with Gasteiger partial charge < -0.3 is 4.98 Å². The van der Waals surface area contributed by atoms with E-state index in [0.717, 1.165) is 24.1 Å². The normalized spacial score (nSPS) is 16.0. The first-order chi connectivity index (χ1) is 10.1. The van der Waals surface area contributed by atoms with Gasteiger partial charge in [0.2, 0.25) is 0 Å². The molecule has 112 valence electrons. The smallest absolute Gasteiger partial charge is 0.265 e. The number of hydrogen-bond donors (Lipinski definition) is 1. The van der Waals surface area contributed by atoms with Gasteiger partial charge in [-0.05, 0) is 42.6 Å². The molecule has 0 atom stereocenters. The van der Waals surface area contributed by atoms with E-state index in [1.165, 1.54) is 12.8 Å². The summed E-state index contributed by atoms with van der Waals surface area (Å²) in [5.74, 6) is 0.998. The first-order valence-electron chi connectivity index (χ1n) is 7.40. The van der Waals surface area contributed by atoms with Crippen LogP contribution < -0.4 is 5.56 Å². The van der Waals surface area contributed by atoms with Crippen LogP contribution in [-0.2, 0) is 0 Å². The second-order valence-corrected chi connectivity index (χ2v) is 6.69. The molecule has 1 N–H and O–H groups in total. The van der Waals surface area contributed by atoms with Gasteiger partial charge in [-0.15, -0.1) is 0 Å². The van der Waals surface area contributed by atoms with Crippen LogP contribution in [0.15, 0.2) is 21.7 Å². The number of nitrogens with zero attached hydrogens (tertiary/aromatic N) is 3. The molecule has 21 heavy (non-hydrogen) atoms. The van der Waals surface area contributed by atoms with Gasteiger partial charge in [-0.1, -0.05) is 12.8 Å². The molecule has 2 aromatic heterocycles. The molecule has 0 spiro atoms. The van der Waals surface area contributed by atoms with E-state index in [-0.39, 0.29) is 11.6 Å². The minimum atomic E-state index is -0.112. The molecule has 0 aliphatic heterocycles. The number of nitrogens with one attached hydrogen (secondary N) is 1. The van der Waals surface area contributed by atoms with Gasteiger partial charge in [-0.3, -0.25) is 9.48 Å². The van der Waals surface area contributed by atoms with Crippen molar-refractivity contribution in [3.8, 4) is 11.4 Å². The molecule has 0 unspecified atom stereocenters. The van der Waals surface area contributed by atoms with Crippen molar-refractivity contribution in [1.82, 2.24) is 19.7 Å². The Morgan fingerprint density at radius 1 is 1.38 bits per heavy atom. The molecule has 0 bridgehead atoms. The van der Waals surface area contributed by atoms with E-state index < -0.39 is 0 Å². The van der Waals surface area contributed by atoms with Crippen LogP contribution in [0.5, 0.6) is 0 Å². The zero-order chi connectivity index (χ0) is 15.0.